The Morgan fingerprint density at radius 3 is 2.35 bits per heavy atom. The number of esters is 1. The van der Waals surface area contributed by atoms with Gasteiger partial charge in [0.2, 0.25) is 5.91 Å². The number of hydrogen-bond donors (Lipinski definition) is 0. The molecule has 3 rings (SSSR count). The van der Waals surface area contributed by atoms with Crippen LogP contribution in [0, 0.1) is 5.92 Å². The summed E-state index contributed by atoms with van der Waals surface area (Å²) in [6, 6.07) is 18.6. The topological polar surface area (TPSA) is 63.7 Å². The van der Waals surface area contributed by atoms with Crippen LogP contribution < -0.4 is 0 Å². The van der Waals surface area contributed by atoms with Crippen molar-refractivity contribution in [3.63, 3.8) is 0 Å². The summed E-state index contributed by atoms with van der Waals surface area (Å²) < 4.78 is 5.13. The van der Waals surface area contributed by atoms with Crippen LogP contribution in [0.25, 0.3) is 0 Å². The molecule has 1 fully saturated rings. The van der Waals surface area contributed by atoms with Gasteiger partial charge in [-0.3, -0.25) is 14.4 Å². The number of carbonyl (C=O) groups is 3. The van der Waals surface area contributed by atoms with E-state index in [1.807, 2.05) is 36.4 Å². The van der Waals surface area contributed by atoms with Crippen molar-refractivity contribution in [3.05, 3.63) is 71.8 Å². The van der Waals surface area contributed by atoms with Gasteiger partial charge in [-0.05, 0) is 12.0 Å². The zero-order chi connectivity index (χ0) is 18.4. The summed E-state index contributed by atoms with van der Waals surface area (Å²) in [4.78, 5) is 38.0. The van der Waals surface area contributed by atoms with Gasteiger partial charge in [0.1, 0.15) is 0 Å². The summed E-state index contributed by atoms with van der Waals surface area (Å²) in [6.45, 7) is 0.636. The molecular weight excluding hydrogens is 330 g/mol. The van der Waals surface area contributed by atoms with Gasteiger partial charge in [0.05, 0.1) is 5.92 Å². The van der Waals surface area contributed by atoms with Gasteiger partial charge in [-0.15, -0.1) is 0 Å². The molecule has 0 N–H and O–H groups in total. The van der Waals surface area contributed by atoms with Gasteiger partial charge in [-0.2, -0.15) is 0 Å². The van der Waals surface area contributed by atoms with E-state index in [1.165, 1.54) is 0 Å². The lowest BCUT2D eigenvalue weighted by Crippen LogP contribution is -2.29. The number of ether oxygens (including phenoxy) is 1. The van der Waals surface area contributed by atoms with E-state index in [-0.39, 0.29) is 24.7 Å². The molecule has 2 aromatic rings. The molecule has 0 spiro atoms. The predicted octanol–water partition coefficient (Wildman–Crippen LogP) is 2.50. The maximum absolute atomic E-state index is 12.2. The van der Waals surface area contributed by atoms with Crippen molar-refractivity contribution >= 4 is 17.7 Å². The smallest absolute Gasteiger partial charge is 0.311 e. The van der Waals surface area contributed by atoms with Gasteiger partial charge in [0.25, 0.3) is 0 Å². The van der Waals surface area contributed by atoms with Crippen molar-refractivity contribution in [2.45, 2.75) is 12.8 Å². The second-order valence-electron chi connectivity index (χ2n) is 6.37. The second kappa shape index (κ2) is 8.43. The number of hydrogen-bond acceptors (Lipinski definition) is 4. The predicted molar refractivity (Wildman–Crippen MR) is 96.6 cm³/mol. The van der Waals surface area contributed by atoms with E-state index in [2.05, 4.69) is 0 Å². The van der Waals surface area contributed by atoms with Gasteiger partial charge < -0.3 is 9.64 Å². The van der Waals surface area contributed by atoms with Gasteiger partial charge in [0, 0.05) is 25.1 Å². The average molecular weight is 351 g/mol. The molecule has 1 heterocycles. The minimum absolute atomic E-state index is 0.0442. The number of nitrogens with zero attached hydrogens (tertiary/aromatic N) is 1. The van der Waals surface area contributed by atoms with Crippen LogP contribution in [0.5, 0.6) is 0 Å². The molecule has 0 unspecified atom stereocenters. The molecule has 0 saturated carbocycles. The molecule has 0 radical (unpaired) electrons. The van der Waals surface area contributed by atoms with Gasteiger partial charge in [-0.25, -0.2) is 0 Å². The molecule has 26 heavy (non-hydrogen) atoms. The molecule has 2 aromatic carbocycles. The van der Waals surface area contributed by atoms with E-state index in [0.717, 1.165) is 12.0 Å². The van der Waals surface area contributed by atoms with Gasteiger partial charge >= 0.3 is 5.97 Å². The molecule has 1 aliphatic rings. The summed E-state index contributed by atoms with van der Waals surface area (Å²) in [5, 5.41) is 0. The molecule has 1 saturated heterocycles. The van der Waals surface area contributed by atoms with Crippen molar-refractivity contribution < 1.29 is 19.1 Å². The Morgan fingerprint density at radius 1 is 1.00 bits per heavy atom. The highest BCUT2D eigenvalue weighted by atomic mass is 16.5. The molecule has 0 bridgehead atoms. The standard InChI is InChI=1S/C21H21NO4/c23-19(17-9-5-2-6-10-17)15-26-21(25)18-13-20(24)22(14-18)12-11-16-7-3-1-4-8-16/h1-10,18H,11-15H2/t18-/m1/s1. The number of rotatable bonds is 7. The third-order valence-corrected chi connectivity index (χ3v) is 4.50. The molecule has 1 amide bonds. The van der Waals surface area contributed by atoms with Crippen LogP contribution in [-0.2, 0) is 20.7 Å². The van der Waals surface area contributed by atoms with E-state index in [4.69, 9.17) is 4.74 Å². The van der Waals surface area contributed by atoms with Crippen molar-refractivity contribution in [1.82, 2.24) is 4.90 Å². The summed E-state index contributed by atoms with van der Waals surface area (Å²) in [5.41, 5.74) is 1.66. The van der Waals surface area contributed by atoms with Crippen LogP contribution in [0.15, 0.2) is 60.7 Å². The van der Waals surface area contributed by atoms with E-state index in [9.17, 15) is 14.4 Å². The Balaban J connectivity index is 1.47. The van der Waals surface area contributed by atoms with Crippen LogP contribution in [0.4, 0.5) is 0 Å². The Hall–Kier alpha value is -2.95. The van der Waals surface area contributed by atoms with Crippen LogP contribution in [0.1, 0.15) is 22.3 Å². The first kappa shape index (κ1) is 17.9. The molecular formula is C21H21NO4. The Kier molecular flexibility index (Phi) is 5.79. The lowest BCUT2D eigenvalue weighted by Gasteiger charge is -2.16. The van der Waals surface area contributed by atoms with Gasteiger partial charge in [-0.1, -0.05) is 60.7 Å². The Bertz CT molecular complexity index is 773. The normalized spacial score (nSPS) is 16.5. The molecule has 5 nitrogen and oxygen atoms in total. The monoisotopic (exact) mass is 351 g/mol. The highest BCUT2D eigenvalue weighted by Crippen LogP contribution is 2.20. The van der Waals surface area contributed by atoms with Crippen molar-refractivity contribution in [2.75, 3.05) is 19.7 Å². The fourth-order valence-electron chi connectivity index (χ4n) is 3.02. The SMILES string of the molecule is O=C(COC(=O)[C@@H]1CC(=O)N(CCc2ccccc2)C1)c1ccccc1. The minimum atomic E-state index is -0.498. The van der Waals surface area contributed by atoms with Crippen LogP contribution >= 0.6 is 0 Å². The lowest BCUT2D eigenvalue weighted by atomic mass is 10.1. The summed E-state index contributed by atoms with van der Waals surface area (Å²) in [5.74, 6) is -1.27. The van der Waals surface area contributed by atoms with Gasteiger partial charge in [0.15, 0.2) is 12.4 Å². The molecule has 5 heteroatoms. The molecule has 0 aliphatic carbocycles. The quantitative estimate of drug-likeness (QED) is 0.568. The average Bonchev–Trinajstić information content (AvgIpc) is 3.06. The summed E-state index contributed by atoms with van der Waals surface area (Å²) in [7, 11) is 0. The van der Waals surface area contributed by atoms with Crippen LogP contribution in [-0.4, -0.2) is 42.3 Å². The summed E-state index contributed by atoms with van der Waals surface area (Å²) in [6.07, 6.45) is 0.897. The Morgan fingerprint density at radius 2 is 1.65 bits per heavy atom. The first-order chi connectivity index (χ1) is 12.6. The van der Waals surface area contributed by atoms with E-state index < -0.39 is 11.9 Å². The third-order valence-electron chi connectivity index (χ3n) is 4.50. The second-order valence-corrected chi connectivity index (χ2v) is 6.37. The first-order valence-corrected chi connectivity index (χ1v) is 8.70. The van der Waals surface area contributed by atoms with Crippen molar-refractivity contribution in [2.24, 2.45) is 5.92 Å². The molecule has 0 aromatic heterocycles. The zero-order valence-corrected chi connectivity index (χ0v) is 14.5. The van der Waals surface area contributed by atoms with E-state index >= 15 is 0 Å². The maximum atomic E-state index is 12.2. The zero-order valence-electron chi connectivity index (χ0n) is 14.5. The first-order valence-electron chi connectivity index (χ1n) is 8.70. The molecule has 1 aliphatic heterocycles. The van der Waals surface area contributed by atoms with E-state index in [1.54, 1.807) is 29.2 Å². The fraction of sp³-hybridized carbons (Fsp3) is 0.286. The number of likely N-dealkylation sites (tertiary alicyclic amines) is 1. The third kappa shape index (κ3) is 4.57. The van der Waals surface area contributed by atoms with E-state index in [0.29, 0.717) is 18.7 Å². The molecule has 134 valence electrons. The minimum Gasteiger partial charge on any atom is -0.457 e. The Labute approximate surface area is 152 Å². The number of amides is 1. The largest absolute Gasteiger partial charge is 0.457 e. The fourth-order valence-corrected chi connectivity index (χ4v) is 3.02. The summed E-state index contributed by atoms with van der Waals surface area (Å²) >= 11 is 0. The molecule has 1 atom stereocenters. The van der Waals surface area contributed by atoms with Crippen LogP contribution in [0.3, 0.4) is 0 Å². The maximum Gasteiger partial charge on any atom is 0.311 e. The number of Topliss-reactive ketones (excluding diaryl/α,β-unsaturated/α-hetero) is 1. The number of benzene rings is 2. The van der Waals surface area contributed by atoms with Crippen molar-refractivity contribution in [1.29, 1.82) is 0 Å². The van der Waals surface area contributed by atoms with Crippen LogP contribution in [0.2, 0.25) is 0 Å². The number of carbonyl (C=O) groups excluding carboxylic acids is 3. The van der Waals surface area contributed by atoms with Crippen molar-refractivity contribution in [3.8, 4) is 0 Å². The lowest BCUT2D eigenvalue weighted by molar-refractivity contribution is -0.147. The highest BCUT2D eigenvalue weighted by molar-refractivity contribution is 5.98. The number of ketones is 1. The highest BCUT2D eigenvalue weighted by Gasteiger charge is 2.35.